The lowest BCUT2D eigenvalue weighted by Crippen LogP contribution is -2.52. The number of rotatable bonds is 27. The predicted molar refractivity (Wildman–Crippen MR) is 414 cm³/mol. The molecule has 0 spiro atoms. The minimum absolute atomic E-state index is 0.0542. The number of fused-ring (bicyclic) bond motifs is 1. The third kappa shape index (κ3) is 36.6. The van der Waals surface area contributed by atoms with Crippen LogP contribution in [0.15, 0.2) is 84.2 Å². The quantitative estimate of drug-likeness (QED) is 0.0864. The Bertz CT molecular complexity index is 2390. The highest BCUT2D eigenvalue weighted by atomic mass is 32.2. The second-order valence-electron chi connectivity index (χ2n) is 27.6. The van der Waals surface area contributed by atoms with Crippen LogP contribution >= 0.6 is 11.8 Å². The number of halogens is 3. The zero-order chi connectivity index (χ0) is 71.3. The minimum atomic E-state index is -4.33. The maximum atomic E-state index is 14.2. The summed E-state index contributed by atoms with van der Waals surface area (Å²) in [6.07, 6.45) is 31.8. The first-order valence-electron chi connectivity index (χ1n) is 37.6. The molecular formula is C82H149F3N6OS. The van der Waals surface area contributed by atoms with Crippen molar-refractivity contribution in [2.75, 3.05) is 62.7 Å². The zero-order valence-corrected chi connectivity index (χ0v) is 65.8. The molecule has 3 saturated heterocycles. The van der Waals surface area contributed by atoms with E-state index in [1.54, 1.807) is 11.5 Å². The maximum absolute atomic E-state index is 14.2. The number of thioether (sulfide) groups is 1. The molecule has 3 aliphatic heterocycles. The highest BCUT2D eigenvalue weighted by Gasteiger charge is 2.37. The van der Waals surface area contributed by atoms with E-state index < -0.39 is 12.7 Å². The molecule has 93 heavy (non-hydrogen) atoms. The molecule has 6 unspecified atom stereocenters. The molecule has 1 aromatic heterocycles. The molecule has 7 nitrogen and oxygen atoms in total. The Kier molecular flexibility index (Phi) is 51.8. The molecule has 0 bridgehead atoms. The summed E-state index contributed by atoms with van der Waals surface area (Å²) < 4.78 is 44.3. The van der Waals surface area contributed by atoms with E-state index in [9.17, 15) is 18.0 Å². The number of likely N-dealkylation sites (tertiary alicyclic amines) is 2. The Labute approximate surface area is 578 Å². The molecule has 1 aliphatic carbocycles. The monoisotopic (exact) mass is 1320 g/mol. The summed E-state index contributed by atoms with van der Waals surface area (Å²) in [5.74, 6) is 4.81. The fourth-order valence-electron chi connectivity index (χ4n) is 11.8. The van der Waals surface area contributed by atoms with E-state index in [4.69, 9.17) is 0 Å². The van der Waals surface area contributed by atoms with Crippen molar-refractivity contribution in [3.63, 3.8) is 0 Å². The van der Waals surface area contributed by atoms with Crippen LogP contribution in [0.25, 0.3) is 16.5 Å². The number of alkyl halides is 3. The van der Waals surface area contributed by atoms with Gasteiger partial charge in [-0.25, -0.2) is 0 Å². The van der Waals surface area contributed by atoms with E-state index in [2.05, 4.69) is 174 Å². The van der Waals surface area contributed by atoms with E-state index in [0.29, 0.717) is 41.6 Å². The Hall–Kier alpha value is -3.51. The molecule has 0 radical (unpaired) electrons. The zero-order valence-electron chi connectivity index (χ0n) is 65.0. The number of nitrogens with zero attached hydrogens (tertiary/aromatic N) is 4. The number of aromatic nitrogens is 1. The number of hydrogen-bond acceptors (Lipinski definition) is 7. The van der Waals surface area contributed by atoms with Crippen LogP contribution in [0.1, 0.15) is 280 Å². The SMILES string of the molecule is C/C=C/C(C)=C\C(=C(/C)C(C)CC)c1c(CC(C)(C)CC)c2cc(N3CCSCC3)ccc2n1CC(F)(F)F.C/C=C\C=C/CC.C=C(NC(CN1CCCCC1)C(C)C(CCCC)C(C)=O)C(C(C)C)N1CCCC1C.CC.CC1CC1.CCCC.CCCC.CN. The highest BCUT2D eigenvalue weighted by Crippen LogP contribution is 2.43. The van der Waals surface area contributed by atoms with Gasteiger partial charge in [0.2, 0.25) is 0 Å². The van der Waals surface area contributed by atoms with Crippen LogP contribution < -0.4 is 16.0 Å². The van der Waals surface area contributed by atoms with Crippen LogP contribution in [-0.4, -0.2) is 102 Å². The van der Waals surface area contributed by atoms with Crippen LogP contribution in [0.4, 0.5) is 18.9 Å². The lowest BCUT2D eigenvalue weighted by atomic mass is 9.81. The lowest BCUT2D eigenvalue weighted by molar-refractivity contribution is -0.140. The molecule has 6 atom stereocenters. The molecule has 4 aliphatic rings. The number of nitrogens with one attached hydrogen (secondary N) is 1. The molecule has 4 fully saturated rings. The number of piperidine rings is 1. The standard InChI is InChI=1S/C33H47F3N2S.C27H51N3O.C7H12.C4H8.2C4H10.C2H6.CH5N/c1-9-12-23(4)19-27(25(6)24(5)10-2)31-29(21-32(7,8)11-3)28-20-26(37-15-17-39-18-16-37)13-14-30(28)38(31)22-33(34,35)36;1-8-9-15-25(24(7)31)22(5)26(19-29-16-11-10-12-17-29)28-23(6)27(20(2)3)30-18-13-14-21(30)4;1-3-5-7-6-4-2;1-4-2-3-4;2*1-3-4-2;2*1-2/h9,12-14,19-20,24H,10-11,15-18,21-22H2,1-8H3;20-22,25-28H,6,8-19H2,1-5,7H3;3,5-7H,4H2,1-2H3;4H,2-3H2,1H3;2*3-4H2,1-2H3;1-2H3;2H2,1H3/b12-9+,23-19-,27-25-;;5-3-,7-6-;;;;;. The number of allylic oxidation sites excluding steroid dienone is 10. The van der Waals surface area contributed by atoms with Gasteiger partial charge in [0, 0.05) is 71.4 Å². The number of benzene rings is 1. The summed E-state index contributed by atoms with van der Waals surface area (Å²) in [6, 6.07) is 7.38. The Morgan fingerprint density at radius 1 is 0.796 bits per heavy atom. The Balaban J connectivity index is 0. The average molecular weight is 1320 g/mol. The first kappa shape index (κ1) is 91.5. The number of carbonyl (C=O) groups is 1. The molecule has 4 heterocycles. The van der Waals surface area contributed by atoms with Crippen LogP contribution in [0.5, 0.6) is 0 Å². The smallest absolute Gasteiger partial charge is 0.383 e. The third-order valence-electron chi connectivity index (χ3n) is 18.7. The average Bonchev–Trinajstić information content (AvgIpc) is 1.59. The first-order chi connectivity index (χ1) is 44.2. The van der Waals surface area contributed by atoms with Crippen molar-refractivity contribution in [1.29, 1.82) is 0 Å². The molecule has 0 amide bonds. The van der Waals surface area contributed by atoms with Crippen molar-refractivity contribution >= 4 is 39.7 Å². The van der Waals surface area contributed by atoms with E-state index in [1.807, 2.05) is 82.8 Å². The van der Waals surface area contributed by atoms with E-state index in [1.165, 1.54) is 97.3 Å². The number of carbonyl (C=O) groups excluding carboxylic acids is 1. The molecule has 3 N–H and O–H groups in total. The van der Waals surface area contributed by atoms with Gasteiger partial charge in [-0.2, -0.15) is 24.9 Å². The van der Waals surface area contributed by atoms with Crippen molar-refractivity contribution in [2.24, 2.45) is 40.7 Å². The summed E-state index contributed by atoms with van der Waals surface area (Å²) in [4.78, 5) is 20.2. The van der Waals surface area contributed by atoms with Gasteiger partial charge in [-0.05, 0) is 184 Å². The van der Waals surface area contributed by atoms with Gasteiger partial charge in [0.05, 0.1) is 11.7 Å². The van der Waals surface area contributed by atoms with Gasteiger partial charge >= 0.3 is 6.18 Å². The minimum Gasteiger partial charge on any atom is -0.383 e. The van der Waals surface area contributed by atoms with Crippen molar-refractivity contribution in [1.82, 2.24) is 19.7 Å². The van der Waals surface area contributed by atoms with E-state index >= 15 is 0 Å². The maximum Gasteiger partial charge on any atom is 0.406 e. The summed E-state index contributed by atoms with van der Waals surface area (Å²) in [6.45, 7) is 59.6. The van der Waals surface area contributed by atoms with Crippen LogP contribution in [-0.2, 0) is 17.8 Å². The van der Waals surface area contributed by atoms with Gasteiger partial charge in [0.25, 0.3) is 0 Å². The number of nitrogens with two attached hydrogens (primary N) is 1. The predicted octanol–water partition coefficient (Wildman–Crippen LogP) is 23.7. The van der Waals surface area contributed by atoms with Crippen molar-refractivity contribution in [3.05, 3.63) is 95.4 Å². The summed E-state index contributed by atoms with van der Waals surface area (Å²) in [7, 11) is 1.50. The van der Waals surface area contributed by atoms with Gasteiger partial charge in [-0.15, -0.1) is 0 Å². The first-order valence-corrected chi connectivity index (χ1v) is 38.7. The number of ketones is 1. The lowest BCUT2D eigenvalue weighted by Gasteiger charge is -2.41. The molecule has 1 aromatic carbocycles. The second kappa shape index (κ2) is 52.6. The molecule has 1 saturated carbocycles. The molecule has 6 rings (SSSR count). The second-order valence-corrected chi connectivity index (χ2v) is 28.9. The number of anilines is 1. The number of Topliss-reactive ketones (excluding diaryl/α,β-unsaturated/α-hetero) is 1. The third-order valence-corrected chi connectivity index (χ3v) is 19.7. The van der Waals surface area contributed by atoms with E-state index in [-0.39, 0.29) is 23.3 Å². The van der Waals surface area contributed by atoms with E-state index in [0.717, 1.165) is 120 Å². The highest BCUT2D eigenvalue weighted by molar-refractivity contribution is 7.99. The largest absolute Gasteiger partial charge is 0.406 e. The normalized spacial score (nSPS) is 18.3. The van der Waals surface area contributed by atoms with Gasteiger partial charge < -0.3 is 25.4 Å². The topological polar surface area (TPSA) is 69.8 Å². The molecule has 540 valence electrons. The molecular weight excluding hydrogens is 1170 g/mol. The van der Waals surface area contributed by atoms with Gasteiger partial charge in [-0.3, -0.25) is 9.69 Å². The van der Waals surface area contributed by atoms with Gasteiger partial charge in [-0.1, -0.05) is 236 Å². The van der Waals surface area contributed by atoms with Crippen molar-refractivity contribution < 1.29 is 18.0 Å². The fraction of sp³-hybridized carbons (Fsp3) is 0.744. The van der Waals surface area contributed by atoms with Gasteiger partial charge in [0.1, 0.15) is 12.3 Å². The van der Waals surface area contributed by atoms with Crippen molar-refractivity contribution in [2.45, 2.75) is 306 Å². The van der Waals surface area contributed by atoms with Crippen LogP contribution in [0, 0.1) is 35.0 Å². The summed E-state index contributed by atoms with van der Waals surface area (Å²) >= 11 is 1.96. The van der Waals surface area contributed by atoms with Crippen LogP contribution in [0.2, 0.25) is 0 Å². The fourth-order valence-corrected chi connectivity index (χ4v) is 12.7. The Morgan fingerprint density at radius 3 is 1.82 bits per heavy atom. The molecule has 11 heteroatoms. The van der Waals surface area contributed by atoms with Crippen molar-refractivity contribution in [3.8, 4) is 0 Å². The van der Waals surface area contributed by atoms with Crippen LogP contribution in [0.3, 0.4) is 0 Å². The Morgan fingerprint density at radius 2 is 1.38 bits per heavy atom. The van der Waals surface area contributed by atoms with Gasteiger partial charge in [0.15, 0.2) is 0 Å². The summed E-state index contributed by atoms with van der Waals surface area (Å²) in [5, 5.41) is 4.88. The number of unbranched alkanes of at least 4 members (excludes halogenated alkanes) is 3. The number of hydrogen-bond donors (Lipinski definition) is 2. The summed E-state index contributed by atoms with van der Waals surface area (Å²) in [5.41, 5.74) is 12.3. The molecule has 2 aromatic rings.